The third kappa shape index (κ3) is 4.04. The number of ether oxygens (including phenoxy) is 2. The van der Waals surface area contributed by atoms with Gasteiger partial charge < -0.3 is 15.2 Å². The van der Waals surface area contributed by atoms with Crippen LogP contribution in [0, 0.1) is 0 Å². The van der Waals surface area contributed by atoms with Gasteiger partial charge in [0.05, 0.1) is 22.9 Å². The molecule has 1 heterocycles. The maximum Gasteiger partial charge on any atom is 0.338 e. The molecule has 8 heteroatoms. The third-order valence-electron chi connectivity index (χ3n) is 3.32. The van der Waals surface area contributed by atoms with E-state index in [4.69, 9.17) is 15.2 Å². The number of hydrogen-bond donors (Lipinski definition) is 2. The Morgan fingerprint density at radius 2 is 1.96 bits per heavy atom. The number of rotatable bonds is 5. The number of nitrogens with two attached hydrogens (primary N) is 1. The maximum absolute atomic E-state index is 11.9. The number of esters is 1. The minimum absolute atomic E-state index is 0.328. The molecule has 2 aromatic carbocycles. The summed E-state index contributed by atoms with van der Waals surface area (Å²) in [7, 11) is 1.58. The van der Waals surface area contributed by atoms with Gasteiger partial charge in [0.1, 0.15) is 5.75 Å². The van der Waals surface area contributed by atoms with Gasteiger partial charge in [0.2, 0.25) is 0 Å². The van der Waals surface area contributed by atoms with Gasteiger partial charge in [-0.3, -0.25) is 10.1 Å². The molecule has 0 aliphatic rings. The first kappa shape index (κ1) is 16.7. The van der Waals surface area contributed by atoms with E-state index < -0.39 is 18.5 Å². The van der Waals surface area contributed by atoms with Crippen LogP contribution in [-0.4, -0.2) is 30.6 Å². The number of aromatic nitrogens is 1. The number of methoxy groups -OCH3 is 1. The zero-order valence-electron chi connectivity index (χ0n) is 13.3. The van der Waals surface area contributed by atoms with Crippen LogP contribution in [0.4, 0.5) is 10.8 Å². The molecular formula is C17H15N3O4S. The third-order valence-corrected chi connectivity index (χ3v) is 4.26. The number of fused-ring (bicyclic) bond motifs is 1. The van der Waals surface area contributed by atoms with Crippen LogP contribution in [0.15, 0.2) is 42.5 Å². The average molecular weight is 357 g/mol. The van der Waals surface area contributed by atoms with E-state index in [0.29, 0.717) is 22.1 Å². The van der Waals surface area contributed by atoms with Crippen LogP contribution in [0.1, 0.15) is 10.4 Å². The number of nitrogens with one attached hydrogen (secondary N) is 1. The molecule has 25 heavy (non-hydrogen) atoms. The summed E-state index contributed by atoms with van der Waals surface area (Å²) in [5.74, 6) is -0.342. The first-order valence-electron chi connectivity index (χ1n) is 7.32. The predicted molar refractivity (Wildman–Crippen MR) is 95.9 cm³/mol. The average Bonchev–Trinajstić information content (AvgIpc) is 3.01. The lowest BCUT2D eigenvalue weighted by atomic mass is 10.2. The molecular weight excluding hydrogens is 342 g/mol. The van der Waals surface area contributed by atoms with Gasteiger partial charge in [-0.05, 0) is 42.5 Å². The Bertz CT molecular complexity index is 921. The lowest BCUT2D eigenvalue weighted by molar-refractivity contribution is -0.119. The summed E-state index contributed by atoms with van der Waals surface area (Å²) in [5, 5.41) is 3.04. The van der Waals surface area contributed by atoms with E-state index in [1.165, 1.54) is 23.5 Å². The largest absolute Gasteiger partial charge is 0.497 e. The number of anilines is 2. The van der Waals surface area contributed by atoms with Gasteiger partial charge in [-0.25, -0.2) is 9.78 Å². The van der Waals surface area contributed by atoms with E-state index in [1.807, 2.05) is 6.07 Å². The molecule has 3 aromatic rings. The van der Waals surface area contributed by atoms with Crippen molar-refractivity contribution in [2.45, 2.75) is 0 Å². The van der Waals surface area contributed by atoms with Crippen molar-refractivity contribution in [1.29, 1.82) is 0 Å². The van der Waals surface area contributed by atoms with E-state index in [-0.39, 0.29) is 0 Å². The number of amides is 1. The summed E-state index contributed by atoms with van der Waals surface area (Å²) in [4.78, 5) is 28.1. The first-order chi connectivity index (χ1) is 12.0. The van der Waals surface area contributed by atoms with Crippen molar-refractivity contribution in [3.63, 3.8) is 0 Å². The Balaban J connectivity index is 1.58. The molecule has 0 aliphatic carbocycles. The number of benzene rings is 2. The molecule has 1 amide bonds. The quantitative estimate of drug-likeness (QED) is 0.537. The molecule has 0 aliphatic heterocycles. The Kier molecular flexibility index (Phi) is 4.80. The lowest BCUT2D eigenvalue weighted by Gasteiger charge is -2.04. The Hall–Kier alpha value is -3.13. The minimum atomic E-state index is -0.593. The zero-order chi connectivity index (χ0) is 17.8. The molecule has 3 rings (SSSR count). The van der Waals surface area contributed by atoms with Crippen LogP contribution in [0.3, 0.4) is 0 Å². The van der Waals surface area contributed by atoms with Gasteiger partial charge in [0.25, 0.3) is 5.91 Å². The summed E-state index contributed by atoms with van der Waals surface area (Å²) < 4.78 is 11.0. The van der Waals surface area contributed by atoms with E-state index in [2.05, 4.69) is 10.3 Å². The Morgan fingerprint density at radius 3 is 2.68 bits per heavy atom. The van der Waals surface area contributed by atoms with Gasteiger partial charge in [-0.15, -0.1) is 0 Å². The second kappa shape index (κ2) is 7.18. The molecule has 7 nitrogen and oxygen atoms in total. The molecule has 0 unspecified atom stereocenters. The summed E-state index contributed by atoms with van der Waals surface area (Å²) in [6.07, 6.45) is 0. The van der Waals surface area contributed by atoms with Crippen molar-refractivity contribution in [3.8, 4) is 5.75 Å². The topological polar surface area (TPSA) is 104 Å². The van der Waals surface area contributed by atoms with Crippen molar-refractivity contribution in [2.24, 2.45) is 0 Å². The highest BCUT2D eigenvalue weighted by atomic mass is 32.1. The van der Waals surface area contributed by atoms with Crippen molar-refractivity contribution in [1.82, 2.24) is 4.98 Å². The maximum atomic E-state index is 11.9. The van der Waals surface area contributed by atoms with E-state index in [0.717, 1.165) is 10.2 Å². The lowest BCUT2D eigenvalue weighted by Crippen LogP contribution is -2.20. The molecule has 0 fully saturated rings. The highest BCUT2D eigenvalue weighted by Gasteiger charge is 2.12. The monoisotopic (exact) mass is 357 g/mol. The Morgan fingerprint density at radius 1 is 1.20 bits per heavy atom. The smallest absolute Gasteiger partial charge is 0.338 e. The van der Waals surface area contributed by atoms with Crippen LogP contribution in [0.25, 0.3) is 10.2 Å². The van der Waals surface area contributed by atoms with Gasteiger partial charge in [0.15, 0.2) is 11.7 Å². The summed E-state index contributed by atoms with van der Waals surface area (Å²) in [6, 6.07) is 11.7. The molecule has 0 saturated carbocycles. The molecule has 128 valence electrons. The molecule has 0 bridgehead atoms. The molecule has 0 spiro atoms. The van der Waals surface area contributed by atoms with Crippen molar-refractivity contribution < 1.29 is 19.1 Å². The predicted octanol–water partition coefficient (Wildman–Crippen LogP) is 2.68. The molecule has 1 aromatic heterocycles. The fourth-order valence-electron chi connectivity index (χ4n) is 2.07. The Labute approximate surface area is 147 Å². The number of hydrogen-bond acceptors (Lipinski definition) is 7. The molecule has 0 saturated heterocycles. The molecule has 3 N–H and O–H groups in total. The van der Waals surface area contributed by atoms with Crippen molar-refractivity contribution in [2.75, 3.05) is 24.8 Å². The summed E-state index contributed by atoms with van der Waals surface area (Å²) in [5.41, 5.74) is 7.18. The number of thiazole rings is 1. The van der Waals surface area contributed by atoms with E-state index >= 15 is 0 Å². The highest BCUT2D eigenvalue weighted by molar-refractivity contribution is 7.22. The SMILES string of the molecule is COc1ccc2nc(NC(=O)COC(=O)c3ccc(N)cc3)sc2c1. The van der Waals surface area contributed by atoms with Crippen LogP contribution < -0.4 is 15.8 Å². The van der Waals surface area contributed by atoms with Crippen molar-refractivity contribution in [3.05, 3.63) is 48.0 Å². The van der Waals surface area contributed by atoms with Gasteiger partial charge in [-0.1, -0.05) is 11.3 Å². The van der Waals surface area contributed by atoms with E-state index in [9.17, 15) is 9.59 Å². The number of carbonyl (C=O) groups is 2. The second-order valence-electron chi connectivity index (χ2n) is 5.10. The van der Waals surface area contributed by atoms with Gasteiger partial charge >= 0.3 is 5.97 Å². The fourth-order valence-corrected chi connectivity index (χ4v) is 2.98. The van der Waals surface area contributed by atoms with Gasteiger partial charge in [-0.2, -0.15) is 0 Å². The number of nitrogen functional groups attached to an aromatic ring is 1. The van der Waals surface area contributed by atoms with Crippen LogP contribution in [0.5, 0.6) is 5.75 Å². The fraction of sp³-hybridized carbons (Fsp3) is 0.118. The second-order valence-corrected chi connectivity index (χ2v) is 6.13. The van der Waals surface area contributed by atoms with Crippen LogP contribution in [0.2, 0.25) is 0 Å². The highest BCUT2D eigenvalue weighted by Crippen LogP contribution is 2.29. The summed E-state index contributed by atoms with van der Waals surface area (Å²) >= 11 is 1.31. The van der Waals surface area contributed by atoms with Crippen LogP contribution >= 0.6 is 11.3 Å². The normalized spacial score (nSPS) is 10.4. The zero-order valence-corrected chi connectivity index (χ0v) is 14.1. The summed E-state index contributed by atoms with van der Waals surface area (Å²) in [6.45, 7) is -0.400. The van der Waals surface area contributed by atoms with Crippen molar-refractivity contribution >= 4 is 44.2 Å². The minimum Gasteiger partial charge on any atom is -0.497 e. The molecule has 0 radical (unpaired) electrons. The standard InChI is InChI=1S/C17H15N3O4S/c1-23-12-6-7-13-14(8-12)25-17(19-13)20-15(21)9-24-16(22)10-2-4-11(18)5-3-10/h2-8H,9,18H2,1H3,(H,19,20,21). The van der Waals surface area contributed by atoms with Crippen LogP contribution in [-0.2, 0) is 9.53 Å². The number of nitrogens with zero attached hydrogens (tertiary/aromatic N) is 1. The number of carbonyl (C=O) groups excluding carboxylic acids is 2. The van der Waals surface area contributed by atoms with E-state index in [1.54, 1.807) is 31.4 Å². The molecule has 0 atom stereocenters. The van der Waals surface area contributed by atoms with Gasteiger partial charge in [0, 0.05) is 5.69 Å². The first-order valence-corrected chi connectivity index (χ1v) is 8.14.